The van der Waals surface area contributed by atoms with E-state index in [1.807, 2.05) is 24.3 Å². The van der Waals surface area contributed by atoms with Crippen LogP contribution in [0.4, 0.5) is 5.82 Å². The Labute approximate surface area is 181 Å². The molecule has 0 spiro atoms. The third kappa shape index (κ3) is 4.16. The number of anilines is 1. The third-order valence-electron chi connectivity index (χ3n) is 6.16. The van der Waals surface area contributed by atoms with Gasteiger partial charge in [-0.1, -0.05) is 12.5 Å². The van der Waals surface area contributed by atoms with Gasteiger partial charge in [-0.3, -0.25) is 0 Å². The van der Waals surface area contributed by atoms with Crippen LogP contribution in [0.15, 0.2) is 42.7 Å². The highest BCUT2D eigenvalue weighted by molar-refractivity contribution is 5.73. The topological polar surface area (TPSA) is 96.3 Å². The lowest BCUT2D eigenvalue weighted by atomic mass is 9.92. The van der Waals surface area contributed by atoms with Crippen molar-refractivity contribution in [2.75, 3.05) is 25.1 Å². The molecule has 1 saturated carbocycles. The average Bonchev–Trinajstić information content (AvgIpc) is 3.25. The number of phenols is 1. The molecule has 2 N–H and O–H groups in total. The lowest BCUT2D eigenvalue weighted by Gasteiger charge is -2.29. The van der Waals surface area contributed by atoms with Crippen LogP contribution in [0.25, 0.3) is 22.5 Å². The zero-order valence-electron chi connectivity index (χ0n) is 17.5. The van der Waals surface area contributed by atoms with E-state index < -0.39 is 0 Å². The average molecular weight is 419 g/mol. The zero-order chi connectivity index (χ0) is 21.2. The summed E-state index contributed by atoms with van der Waals surface area (Å²) in [7, 11) is 1.56. The molecule has 1 aliphatic heterocycles. The maximum Gasteiger partial charge on any atom is 0.216 e. The van der Waals surface area contributed by atoms with Gasteiger partial charge in [0.1, 0.15) is 12.1 Å². The van der Waals surface area contributed by atoms with Gasteiger partial charge in [0, 0.05) is 42.4 Å². The van der Waals surface area contributed by atoms with Crippen molar-refractivity contribution in [1.29, 1.82) is 0 Å². The molecular formula is C23H26N6O2. The quantitative estimate of drug-likeness (QED) is 0.631. The Morgan fingerprint density at radius 3 is 2.61 bits per heavy atom. The maximum atomic E-state index is 10.6. The van der Waals surface area contributed by atoms with E-state index in [2.05, 4.69) is 30.4 Å². The molecule has 2 aromatic heterocycles. The number of aromatic hydroxyl groups is 1. The van der Waals surface area contributed by atoms with Crippen molar-refractivity contribution in [3.63, 3.8) is 0 Å². The highest BCUT2D eigenvalue weighted by Gasteiger charge is 2.27. The molecule has 5 rings (SSSR count). The summed E-state index contributed by atoms with van der Waals surface area (Å²) in [6, 6.07) is 12.3. The van der Waals surface area contributed by atoms with E-state index in [4.69, 9.17) is 4.74 Å². The summed E-state index contributed by atoms with van der Waals surface area (Å²) >= 11 is 0. The molecule has 1 aromatic carbocycles. The number of phenolic OH excluding ortho intramolecular Hbond substituents is 1. The van der Waals surface area contributed by atoms with E-state index in [9.17, 15) is 5.11 Å². The number of hydrogen-bond acceptors (Lipinski definition) is 8. The van der Waals surface area contributed by atoms with Crippen molar-refractivity contribution in [2.45, 2.75) is 37.8 Å². The number of aromatic nitrogens is 4. The summed E-state index contributed by atoms with van der Waals surface area (Å²) in [5, 5.41) is 23.2. The number of rotatable bonds is 6. The van der Waals surface area contributed by atoms with Crippen LogP contribution in [0.2, 0.25) is 0 Å². The summed E-state index contributed by atoms with van der Waals surface area (Å²) < 4.78 is 5.15. The minimum atomic E-state index is 0.128. The molecule has 8 heteroatoms. The van der Waals surface area contributed by atoms with Crippen molar-refractivity contribution in [3.8, 4) is 34.1 Å². The first kappa shape index (κ1) is 19.7. The molecule has 3 aromatic rings. The Balaban J connectivity index is 1.29. The molecule has 160 valence electrons. The van der Waals surface area contributed by atoms with Crippen molar-refractivity contribution >= 4 is 5.82 Å². The molecule has 1 aliphatic carbocycles. The fraction of sp³-hybridized carbons (Fsp3) is 0.391. The van der Waals surface area contributed by atoms with Gasteiger partial charge in [0.15, 0.2) is 5.82 Å². The summed E-state index contributed by atoms with van der Waals surface area (Å²) in [6.07, 6.45) is 6.53. The number of nitrogens with zero attached hydrogens (tertiary/aromatic N) is 5. The highest BCUT2D eigenvalue weighted by atomic mass is 16.5. The van der Waals surface area contributed by atoms with Gasteiger partial charge in [0.05, 0.1) is 18.5 Å². The van der Waals surface area contributed by atoms with Crippen LogP contribution in [0, 0.1) is 0 Å². The molecule has 1 atom stereocenters. The van der Waals surface area contributed by atoms with Gasteiger partial charge in [-0.25, -0.2) is 9.97 Å². The van der Waals surface area contributed by atoms with Crippen LogP contribution < -0.4 is 15.0 Å². The van der Waals surface area contributed by atoms with Gasteiger partial charge >= 0.3 is 0 Å². The monoisotopic (exact) mass is 418 g/mol. The van der Waals surface area contributed by atoms with Gasteiger partial charge in [0.25, 0.3) is 0 Å². The van der Waals surface area contributed by atoms with Crippen LogP contribution >= 0.6 is 0 Å². The van der Waals surface area contributed by atoms with Crippen LogP contribution in [0.5, 0.6) is 11.6 Å². The molecule has 2 aliphatic rings. The highest BCUT2D eigenvalue weighted by Crippen LogP contribution is 2.33. The van der Waals surface area contributed by atoms with E-state index >= 15 is 0 Å². The molecule has 3 heterocycles. The van der Waals surface area contributed by atoms with E-state index in [-0.39, 0.29) is 5.75 Å². The van der Waals surface area contributed by atoms with Crippen LogP contribution in [0.3, 0.4) is 0 Å². The number of methoxy groups -OCH3 is 1. The maximum absolute atomic E-state index is 10.6. The van der Waals surface area contributed by atoms with Crippen LogP contribution in [-0.4, -0.2) is 57.6 Å². The summed E-state index contributed by atoms with van der Waals surface area (Å²) in [5.74, 6) is 1.48. The van der Waals surface area contributed by atoms with Gasteiger partial charge in [-0.05, 0) is 43.5 Å². The smallest absolute Gasteiger partial charge is 0.216 e. The third-order valence-corrected chi connectivity index (χ3v) is 6.16. The predicted octanol–water partition coefficient (Wildman–Crippen LogP) is 3.04. The first-order valence-corrected chi connectivity index (χ1v) is 10.7. The number of hydrogen-bond donors (Lipinski definition) is 2. The first-order chi connectivity index (χ1) is 15.2. The number of benzene rings is 1. The Hall–Kier alpha value is -3.26. The summed E-state index contributed by atoms with van der Waals surface area (Å²) in [4.78, 5) is 10.5. The lowest BCUT2D eigenvalue weighted by molar-refractivity contribution is 0.311. The van der Waals surface area contributed by atoms with Crippen molar-refractivity contribution < 1.29 is 9.84 Å². The number of nitrogens with one attached hydrogen (secondary N) is 1. The normalized spacial score (nSPS) is 18.7. The van der Waals surface area contributed by atoms with Crippen molar-refractivity contribution in [2.24, 2.45) is 0 Å². The molecule has 1 saturated heterocycles. The molecule has 2 fully saturated rings. The van der Waals surface area contributed by atoms with Gasteiger partial charge < -0.3 is 20.1 Å². The minimum Gasteiger partial charge on any atom is -0.507 e. The second kappa shape index (κ2) is 8.47. The molecule has 0 radical (unpaired) electrons. The second-order valence-electron chi connectivity index (χ2n) is 8.18. The van der Waals surface area contributed by atoms with Crippen molar-refractivity contribution in [3.05, 3.63) is 42.7 Å². The van der Waals surface area contributed by atoms with Gasteiger partial charge in [0.2, 0.25) is 5.88 Å². The van der Waals surface area contributed by atoms with Crippen LogP contribution in [-0.2, 0) is 0 Å². The molecular weight excluding hydrogens is 392 g/mol. The number of ether oxygens (including phenoxy) is 1. The summed E-state index contributed by atoms with van der Waals surface area (Å²) in [5.41, 5.74) is 2.72. The Bertz CT molecular complexity index is 1050. The SMILES string of the molecule is COc1cc(-c2ccc(-c3ccc(N4CC[C@@H](NC5CCC5)C4)nn3)c(O)c2)ncn1. The van der Waals surface area contributed by atoms with Crippen LogP contribution in [0.1, 0.15) is 25.7 Å². The Morgan fingerprint density at radius 1 is 1.00 bits per heavy atom. The Morgan fingerprint density at radius 2 is 1.90 bits per heavy atom. The molecule has 31 heavy (non-hydrogen) atoms. The van der Waals surface area contributed by atoms with E-state index in [0.29, 0.717) is 34.9 Å². The minimum absolute atomic E-state index is 0.128. The molecule has 0 bridgehead atoms. The van der Waals surface area contributed by atoms with E-state index in [0.717, 1.165) is 30.9 Å². The fourth-order valence-electron chi connectivity index (χ4n) is 4.17. The summed E-state index contributed by atoms with van der Waals surface area (Å²) in [6.45, 7) is 1.95. The zero-order valence-corrected chi connectivity index (χ0v) is 17.5. The molecule has 0 amide bonds. The first-order valence-electron chi connectivity index (χ1n) is 10.7. The van der Waals surface area contributed by atoms with E-state index in [1.165, 1.54) is 25.6 Å². The molecule has 8 nitrogen and oxygen atoms in total. The Kier molecular flexibility index (Phi) is 5.38. The predicted molar refractivity (Wildman–Crippen MR) is 118 cm³/mol. The standard InChI is InChI=1S/C23H26N6O2/c1-31-23-12-20(24-14-25-23)15-5-6-18(21(30)11-15)19-7-8-22(28-27-19)29-10-9-17(13-29)26-16-3-2-4-16/h5-8,11-12,14,16-17,26,30H,2-4,9-10,13H2,1H3/t17-/m1/s1. The fourth-order valence-corrected chi connectivity index (χ4v) is 4.17. The van der Waals surface area contributed by atoms with Crippen molar-refractivity contribution in [1.82, 2.24) is 25.5 Å². The van der Waals surface area contributed by atoms with Gasteiger partial charge in [-0.15, -0.1) is 10.2 Å². The lowest BCUT2D eigenvalue weighted by Crippen LogP contribution is -2.43. The van der Waals surface area contributed by atoms with Gasteiger partial charge in [-0.2, -0.15) is 0 Å². The van der Waals surface area contributed by atoms with E-state index in [1.54, 1.807) is 19.2 Å². The largest absolute Gasteiger partial charge is 0.507 e. The second-order valence-corrected chi connectivity index (χ2v) is 8.18. The molecule has 0 unspecified atom stereocenters.